The summed E-state index contributed by atoms with van der Waals surface area (Å²) in [6.07, 6.45) is 3.96. The molecule has 0 bridgehead atoms. The standard InChI is InChI=1S/C68H70ClN5O7/c1-38-46(47-32-44(80-10)20-22-53(47)74(38)63(77)41-15-18-43(69)19-16-41)35-54(75)70-36-39-11-13-40(14-12-39)37-71-62(76)42-17-21-45(48(31-42)64(78)79)55-49-33-51-58-56(67(6,7)25-29-72(58)27-23-65(51,2)3)60(49)81-61-50(55)34-52-59-57(61)68(8,9)26-30-73(59)28-24-66(52,4)5/h11-22,31-34H,23-30,35-37H2,1-10H3,(H2-,70,71,75,76,78,79)/p+1. The maximum absolute atomic E-state index is 14.2. The second-order valence-corrected chi connectivity index (χ2v) is 26.1. The minimum atomic E-state index is -1.12. The molecule has 2 amide bonds. The van der Waals surface area contributed by atoms with Crippen molar-refractivity contribution in [1.82, 2.24) is 19.8 Å². The lowest BCUT2D eigenvalue weighted by Crippen LogP contribution is -2.54. The van der Waals surface area contributed by atoms with Crippen molar-refractivity contribution in [3.8, 4) is 17.2 Å². The highest BCUT2D eigenvalue weighted by molar-refractivity contribution is 6.30. The Morgan fingerprint density at radius 1 is 0.691 bits per heavy atom. The Kier molecular flexibility index (Phi) is 13.0. The van der Waals surface area contributed by atoms with Crippen LogP contribution in [0.5, 0.6) is 17.2 Å². The lowest BCUT2D eigenvalue weighted by molar-refractivity contribution is -0.120. The third kappa shape index (κ3) is 9.09. The Morgan fingerprint density at radius 2 is 1.32 bits per heavy atom. The Morgan fingerprint density at radius 3 is 2.00 bits per heavy atom. The average Bonchev–Trinajstić information content (AvgIpc) is 2.31. The highest BCUT2D eigenvalue weighted by Crippen LogP contribution is 2.57. The molecule has 0 atom stereocenters. The quantitative estimate of drug-likeness (QED) is 0.109. The Balaban J connectivity index is 0.837. The molecular weight excluding hydrogens is 1030 g/mol. The van der Waals surface area contributed by atoms with Crippen LogP contribution in [0.2, 0.25) is 5.02 Å². The molecule has 5 aliphatic heterocycles. The normalized spacial score (nSPS) is 17.5. The zero-order valence-electron chi connectivity index (χ0n) is 48.1. The van der Waals surface area contributed by atoms with Gasteiger partial charge in [0.05, 0.1) is 30.2 Å². The first kappa shape index (κ1) is 53.9. The van der Waals surface area contributed by atoms with E-state index in [4.69, 9.17) is 21.1 Å². The van der Waals surface area contributed by atoms with Crippen molar-refractivity contribution in [2.45, 2.75) is 129 Å². The number of aromatic carboxylic acids is 1. The lowest BCUT2D eigenvalue weighted by atomic mass is 9.67. The molecule has 1 aromatic heterocycles. The van der Waals surface area contributed by atoms with E-state index in [1.807, 2.05) is 49.4 Å². The van der Waals surface area contributed by atoms with Gasteiger partial charge in [0, 0.05) is 110 Å². The van der Waals surface area contributed by atoms with Crippen LogP contribution in [0.25, 0.3) is 16.5 Å². The van der Waals surface area contributed by atoms with Crippen LogP contribution in [0.1, 0.15) is 168 Å². The van der Waals surface area contributed by atoms with Gasteiger partial charge in [-0.1, -0.05) is 97.3 Å². The molecule has 0 radical (unpaired) electrons. The van der Waals surface area contributed by atoms with Crippen LogP contribution in [0, 0.1) is 6.92 Å². The highest BCUT2D eigenvalue weighted by Gasteiger charge is 2.48. The molecule has 6 aromatic carbocycles. The smallest absolute Gasteiger partial charge is 0.336 e. The number of hydrogen-bond acceptors (Lipinski definition) is 7. The van der Waals surface area contributed by atoms with E-state index in [0.29, 0.717) is 33.1 Å². The summed E-state index contributed by atoms with van der Waals surface area (Å²) in [7, 11) is 1.58. The van der Waals surface area contributed by atoms with E-state index in [1.165, 1.54) is 39.4 Å². The Hall–Kier alpha value is -7.70. The molecule has 0 saturated heterocycles. The maximum atomic E-state index is 14.2. The van der Waals surface area contributed by atoms with Crippen molar-refractivity contribution < 1.29 is 33.8 Å². The van der Waals surface area contributed by atoms with E-state index in [2.05, 4.69) is 87.6 Å². The van der Waals surface area contributed by atoms with Crippen molar-refractivity contribution in [2.24, 2.45) is 0 Å². The first-order chi connectivity index (χ1) is 38.5. The average molecular weight is 1110 g/mol. The van der Waals surface area contributed by atoms with E-state index < -0.39 is 11.9 Å². The number of nitrogens with one attached hydrogen (secondary N) is 2. The number of carbonyl (C=O) groups excluding carboxylic acids is 3. The van der Waals surface area contributed by atoms with Gasteiger partial charge in [-0.25, -0.2) is 9.37 Å². The van der Waals surface area contributed by atoms with Crippen LogP contribution < -0.4 is 40.2 Å². The molecular formula is C68H71ClN5O7+. The number of rotatable bonds is 11. The van der Waals surface area contributed by atoms with Crippen LogP contribution in [0.3, 0.4) is 0 Å². The van der Waals surface area contributed by atoms with Gasteiger partial charge in [-0.3, -0.25) is 19.0 Å². The number of halogens is 1. The van der Waals surface area contributed by atoms with Crippen LogP contribution >= 0.6 is 11.6 Å². The number of fused-ring (bicyclic) bond motifs is 5. The molecule has 12 rings (SSSR count). The van der Waals surface area contributed by atoms with Crippen molar-refractivity contribution in [3.05, 3.63) is 185 Å². The fourth-order valence-electron chi connectivity index (χ4n) is 13.6. The third-order valence-corrected chi connectivity index (χ3v) is 18.9. The zero-order chi connectivity index (χ0) is 57.2. The molecule has 0 spiro atoms. The number of benzene rings is 6. The number of aromatic nitrogens is 1. The van der Waals surface area contributed by atoms with Crippen LogP contribution in [-0.4, -0.2) is 66.7 Å². The molecule has 6 heterocycles. The minimum Gasteiger partial charge on any atom is -0.497 e. The van der Waals surface area contributed by atoms with E-state index in [-0.39, 0.29) is 64.1 Å². The van der Waals surface area contributed by atoms with Crippen molar-refractivity contribution >= 4 is 57.5 Å². The van der Waals surface area contributed by atoms with Gasteiger partial charge in [0.25, 0.3) is 11.8 Å². The molecule has 13 heteroatoms. The fourth-order valence-corrected chi connectivity index (χ4v) is 13.7. The summed E-state index contributed by atoms with van der Waals surface area (Å²) in [5.41, 5.74) is 12.2. The summed E-state index contributed by atoms with van der Waals surface area (Å²) in [5, 5.41) is 20.8. The van der Waals surface area contributed by atoms with Gasteiger partial charge in [-0.2, -0.15) is 0 Å². The summed E-state index contributed by atoms with van der Waals surface area (Å²) in [6.45, 7) is 24.8. The monoisotopic (exact) mass is 1100 g/mol. The number of anilines is 1. The molecule has 0 unspecified atom stereocenters. The molecule has 5 aliphatic rings. The molecule has 0 saturated carbocycles. The van der Waals surface area contributed by atoms with Gasteiger partial charge < -0.3 is 30.1 Å². The van der Waals surface area contributed by atoms with Crippen molar-refractivity contribution in [3.63, 3.8) is 0 Å². The molecule has 3 N–H and O–H groups in total. The molecule has 7 aromatic rings. The molecule has 81 heavy (non-hydrogen) atoms. The van der Waals surface area contributed by atoms with Gasteiger partial charge in [-0.15, -0.1) is 0 Å². The summed E-state index contributed by atoms with van der Waals surface area (Å²) >= 11 is 6.12. The predicted octanol–water partition coefficient (Wildman–Crippen LogP) is 11.2. The summed E-state index contributed by atoms with van der Waals surface area (Å²) in [5.74, 6) is 0.282. The molecule has 416 valence electrons. The minimum absolute atomic E-state index is 0.0376. The number of amides is 2. The first-order valence-electron chi connectivity index (χ1n) is 28.4. The number of ether oxygens (including phenoxy) is 2. The van der Waals surface area contributed by atoms with E-state index in [9.17, 15) is 24.3 Å². The number of carbonyl (C=O) groups is 4. The number of carboxylic acids is 1. The SMILES string of the molecule is COc1ccc2c(c1)c(CC(=O)NCc1ccc(CNC(=O)c3ccc(C4=c5cc6c7c(c5Oc5c4cc4c8c5C(C)(C)CCN8CCC4(C)C)C(C)(C)CC[N+]=7CCC6(C)C)c(C(=O)O)c3)cc1)c(C)n2C(=O)c1ccc(Cl)cc1. The number of carboxylic acid groups (broad SMARTS) is 1. The van der Waals surface area contributed by atoms with E-state index in [0.717, 1.165) is 102 Å². The molecule has 0 aliphatic carbocycles. The van der Waals surface area contributed by atoms with Crippen LogP contribution in [0.4, 0.5) is 5.69 Å². The summed E-state index contributed by atoms with van der Waals surface area (Å²) in [6, 6.07) is 29.6. The van der Waals surface area contributed by atoms with Crippen molar-refractivity contribution in [1.29, 1.82) is 0 Å². The van der Waals surface area contributed by atoms with Gasteiger partial charge >= 0.3 is 5.97 Å². The zero-order valence-corrected chi connectivity index (χ0v) is 48.9. The topological polar surface area (TPSA) is 142 Å². The van der Waals surface area contributed by atoms with Gasteiger partial charge in [0.2, 0.25) is 11.3 Å². The van der Waals surface area contributed by atoms with Gasteiger partial charge in [0.1, 0.15) is 30.3 Å². The predicted molar refractivity (Wildman–Crippen MR) is 319 cm³/mol. The van der Waals surface area contributed by atoms with E-state index in [1.54, 1.807) is 48.1 Å². The Bertz CT molecular complexity index is 3990. The van der Waals surface area contributed by atoms with E-state index >= 15 is 0 Å². The second-order valence-electron chi connectivity index (χ2n) is 25.6. The summed E-state index contributed by atoms with van der Waals surface area (Å²) < 4.78 is 17.3. The second kappa shape index (κ2) is 19.5. The fraction of sp³-hybridized carbons (Fsp3) is 0.368. The largest absolute Gasteiger partial charge is 0.497 e. The highest BCUT2D eigenvalue weighted by atomic mass is 35.5. The van der Waals surface area contributed by atoms with Crippen LogP contribution in [0.15, 0.2) is 97.1 Å². The number of hydrogen-bond donors (Lipinski definition) is 3. The lowest BCUT2D eigenvalue weighted by Gasteiger charge is -2.49. The third-order valence-electron chi connectivity index (χ3n) is 18.6. The van der Waals surface area contributed by atoms with Gasteiger partial charge in [-0.05, 0) is 125 Å². The molecule has 0 fully saturated rings. The van der Waals surface area contributed by atoms with Crippen LogP contribution in [-0.2, 0) is 46.0 Å². The van der Waals surface area contributed by atoms with Gasteiger partial charge in [0.15, 0.2) is 0 Å². The Labute approximate surface area is 478 Å². The first-order valence-corrected chi connectivity index (χ1v) is 28.8. The number of nitrogens with zero attached hydrogens (tertiary/aromatic N) is 3. The maximum Gasteiger partial charge on any atom is 0.336 e. The van der Waals surface area contributed by atoms with Crippen molar-refractivity contribution in [2.75, 3.05) is 38.2 Å². The molecule has 12 nitrogen and oxygen atoms in total. The summed E-state index contributed by atoms with van der Waals surface area (Å²) in [4.78, 5) is 58.0. The number of methoxy groups -OCH3 is 1.